The molecular weight excluding hydrogens is 340 g/mol. The third-order valence-corrected chi connectivity index (χ3v) is 4.64. The van der Waals surface area contributed by atoms with Crippen molar-refractivity contribution in [3.05, 3.63) is 59.3 Å². The van der Waals surface area contributed by atoms with Gasteiger partial charge < -0.3 is 10.6 Å². The van der Waals surface area contributed by atoms with Crippen molar-refractivity contribution in [2.24, 2.45) is 5.92 Å². The predicted molar refractivity (Wildman–Crippen MR) is 107 cm³/mol. The lowest BCUT2D eigenvalue weighted by atomic mass is 10.1. The van der Waals surface area contributed by atoms with E-state index in [0.29, 0.717) is 12.2 Å². The van der Waals surface area contributed by atoms with Gasteiger partial charge in [-0.05, 0) is 43.2 Å². The summed E-state index contributed by atoms with van der Waals surface area (Å²) in [5, 5.41) is 13.6. The van der Waals surface area contributed by atoms with Gasteiger partial charge in [0.1, 0.15) is 0 Å². The minimum Gasteiger partial charge on any atom is -0.347 e. The van der Waals surface area contributed by atoms with Crippen LogP contribution in [0.15, 0.2) is 42.5 Å². The molecule has 0 bridgehead atoms. The van der Waals surface area contributed by atoms with Crippen molar-refractivity contribution in [1.29, 1.82) is 0 Å². The predicted octanol–water partition coefficient (Wildman–Crippen LogP) is 3.79. The molecule has 3 rings (SSSR count). The molecule has 6 heteroatoms. The molecule has 27 heavy (non-hydrogen) atoms. The topological polar surface area (TPSA) is 86.9 Å². The second-order valence-corrected chi connectivity index (χ2v) is 6.80. The first-order valence-corrected chi connectivity index (χ1v) is 9.10. The summed E-state index contributed by atoms with van der Waals surface area (Å²) >= 11 is 0. The molecule has 0 radical (unpaired) electrons. The van der Waals surface area contributed by atoms with E-state index < -0.39 is 0 Å². The van der Waals surface area contributed by atoms with E-state index in [2.05, 4.69) is 20.8 Å². The Bertz CT molecular complexity index is 977. The lowest BCUT2D eigenvalue weighted by Gasteiger charge is -2.11. The van der Waals surface area contributed by atoms with Gasteiger partial charge in [-0.2, -0.15) is 5.10 Å². The van der Waals surface area contributed by atoms with Gasteiger partial charge in [-0.1, -0.05) is 37.6 Å². The van der Waals surface area contributed by atoms with Gasteiger partial charge in [-0.25, -0.2) is 0 Å². The van der Waals surface area contributed by atoms with E-state index in [9.17, 15) is 9.59 Å². The number of amides is 2. The molecule has 140 valence electrons. The van der Waals surface area contributed by atoms with Crippen molar-refractivity contribution >= 4 is 28.4 Å². The number of nitrogens with zero attached hydrogens (tertiary/aromatic N) is 1. The number of H-pyrrole nitrogens is 1. The van der Waals surface area contributed by atoms with Crippen LogP contribution in [0.3, 0.4) is 0 Å². The van der Waals surface area contributed by atoms with Crippen LogP contribution in [0.1, 0.15) is 41.9 Å². The number of benzene rings is 2. The van der Waals surface area contributed by atoms with Crippen LogP contribution in [0.25, 0.3) is 10.9 Å². The number of aromatic nitrogens is 2. The van der Waals surface area contributed by atoms with Gasteiger partial charge in [0.25, 0.3) is 5.91 Å². The van der Waals surface area contributed by atoms with Crippen LogP contribution in [0.2, 0.25) is 0 Å². The summed E-state index contributed by atoms with van der Waals surface area (Å²) in [6.45, 7) is 6.21. The Morgan fingerprint density at radius 1 is 1.19 bits per heavy atom. The molecule has 3 aromatic rings. The first-order valence-electron chi connectivity index (χ1n) is 9.10. The van der Waals surface area contributed by atoms with Gasteiger partial charge in [0.15, 0.2) is 5.69 Å². The van der Waals surface area contributed by atoms with Gasteiger partial charge in [-0.3, -0.25) is 14.7 Å². The summed E-state index contributed by atoms with van der Waals surface area (Å²) in [6, 6.07) is 13.3. The number of aryl methyl sites for hydroxylation is 1. The number of fused-ring (bicyclic) bond motifs is 1. The summed E-state index contributed by atoms with van der Waals surface area (Å²) in [5.74, 6) is -0.275. The van der Waals surface area contributed by atoms with Gasteiger partial charge >= 0.3 is 0 Å². The number of aromatic amines is 1. The Balaban J connectivity index is 1.67. The standard InChI is InChI=1S/C21H24N4O2/c1-4-14(3)20(26)23-16-7-5-6-15(11-16)12-22-21(27)19-17-10-13(2)8-9-18(17)24-25-19/h5-11,14H,4,12H2,1-3H3,(H,22,27)(H,23,26)(H,24,25). The monoisotopic (exact) mass is 364 g/mol. The highest BCUT2D eigenvalue weighted by Gasteiger charge is 2.14. The van der Waals surface area contributed by atoms with Crippen LogP contribution in [0, 0.1) is 12.8 Å². The maximum absolute atomic E-state index is 12.5. The Morgan fingerprint density at radius 2 is 2.00 bits per heavy atom. The first kappa shape index (κ1) is 18.6. The summed E-state index contributed by atoms with van der Waals surface area (Å²) in [7, 11) is 0. The third-order valence-electron chi connectivity index (χ3n) is 4.64. The zero-order valence-electron chi connectivity index (χ0n) is 15.8. The molecule has 1 aromatic heterocycles. The number of hydrogen-bond acceptors (Lipinski definition) is 3. The summed E-state index contributed by atoms with van der Waals surface area (Å²) in [4.78, 5) is 24.6. The normalized spacial score (nSPS) is 12.0. The van der Waals surface area contributed by atoms with Crippen LogP contribution in [0.4, 0.5) is 5.69 Å². The van der Waals surface area contributed by atoms with E-state index in [1.165, 1.54) is 0 Å². The van der Waals surface area contributed by atoms with Gasteiger partial charge in [0.05, 0.1) is 5.52 Å². The summed E-state index contributed by atoms with van der Waals surface area (Å²) in [6.07, 6.45) is 0.790. The van der Waals surface area contributed by atoms with Gasteiger partial charge in [-0.15, -0.1) is 0 Å². The number of anilines is 1. The van der Waals surface area contributed by atoms with E-state index >= 15 is 0 Å². The highest BCUT2D eigenvalue weighted by molar-refractivity contribution is 6.04. The van der Waals surface area contributed by atoms with Crippen LogP contribution in [-0.4, -0.2) is 22.0 Å². The highest BCUT2D eigenvalue weighted by Crippen LogP contribution is 2.18. The highest BCUT2D eigenvalue weighted by atomic mass is 16.2. The van der Waals surface area contributed by atoms with E-state index in [4.69, 9.17) is 0 Å². The second kappa shape index (κ2) is 8.03. The van der Waals surface area contributed by atoms with E-state index in [0.717, 1.165) is 34.1 Å². The molecular formula is C21H24N4O2. The zero-order valence-corrected chi connectivity index (χ0v) is 15.8. The average Bonchev–Trinajstić information content (AvgIpc) is 3.08. The maximum Gasteiger partial charge on any atom is 0.272 e. The van der Waals surface area contributed by atoms with Crippen molar-refractivity contribution in [1.82, 2.24) is 15.5 Å². The largest absolute Gasteiger partial charge is 0.347 e. The molecule has 0 saturated heterocycles. The molecule has 0 saturated carbocycles. The van der Waals surface area contributed by atoms with Crippen molar-refractivity contribution in [3.63, 3.8) is 0 Å². The minimum absolute atomic E-state index is 0.00273. The minimum atomic E-state index is -0.235. The van der Waals surface area contributed by atoms with E-state index in [1.807, 2.05) is 63.2 Å². The van der Waals surface area contributed by atoms with Crippen molar-refractivity contribution in [3.8, 4) is 0 Å². The molecule has 0 aliphatic carbocycles. The molecule has 2 amide bonds. The maximum atomic E-state index is 12.5. The molecule has 3 N–H and O–H groups in total. The molecule has 2 aromatic carbocycles. The fourth-order valence-corrected chi connectivity index (χ4v) is 2.78. The quantitative estimate of drug-likeness (QED) is 0.622. The Kier molecular flexibility index (Phi) is 5.54. The second-order valence-electron chi connectivity index (χ2n) is 6.80. The molecule has 6 nitrogen and oxygen atoms in total. The Hall–Kier alpha value is -3.15. The number of nitrogens with one attached hydrogen (secondary N) is 3. The Labute approximate surface area is 158 Å². The smallest absolute Gasteiger partial charge is 0.272 e. The fourth-order valence-electron chi connectivity index (χ4n) is 2.78. The van der Waals surface area contributed by atoms with Crippen LogP contribution in [0.5, 0.6) is 0 Å². The molecule has 1 unspecified atom stereocenters. The third kappa shape index (κ3) is 4.34. The van der Waals surface area contributed by atoms with Crippen molar-refractivity contribution < 1.29 is 9.59 Å². The number of carbonyl (C=O) groups excluding carboxylic acids is 2. The van der Waals surface area contributed by atoms with Gasteiger partial charge in [0.2, 0.25) is 5.91 Å². The van der Waals surface area contributed by atoms with Crippen LogP contribution < -0.4 is 10.6 Å². The number of hydrogen-bond donors (Lipinski definition) is 3. The molecule has 1 heterocycles. The molecule has 0 fully saturated rings. The van der Waals surface area contributed by atoms with E-state index in [1.54, 1.807) is 0 Å². The number of carbonyl (C=O) groups is 2. The summed E-state index contributed by atoms with van der Waals surface area (Å²) in [5.41, 5.74) is 3.92. The molecule has 0 aliphatic heterocycles. The number of rotatable bonds is 6. The molecule has 0 spiro atoms. The Morgan fingerprint density at radius 3 is 2.78 bits per heavy atom. The van der Waals surface area contributed by atoms with Crippen molar-refractivity contribution in [2.45, 2.75) is 33.7 Å². The molecule has 0 aliphatic rings. The van der Waals surface area contributed by atoms with Crippen molar-refractivity contribution in [2.75, 3.05) is 5.32 Å². The lowest BCUT2D eigenvalue weighted by Crippen LogP contribution is -2.23. The molecule has 1 atom stereocenters. The zero-order chi connectivity index (χ0) is 19.4. The van der Waals surface area contributed by atoms with Crippen LogP contribution >= 0.6 is 0 Å². The van der Waals surface area contributed by atoms with Crippen LogP contribution in [-0.2, 0) is 11.3 Å². The van der Waals surface area contributed by atoms with E-state index in [-0.39, 0.29) is 17.7 Å². The lowest BCUT2D eigenvalue weighted by molar-refractivity contribution is -0.119. The van der Waals surface area contributed by atoms with Gasteiger partial charge in [0, 0.05) is 23.5 Å². The first-order chi connectivity index (χ1) is 13.0. The fraction of sp³-hybridized carbons (Fsp3) is 0.286. The SMILES string of the molecule is CCC(C)C(=O)Nc1cccc(CNC(=O)c2n[nH]c3ccc(C)cc23)c1. The average molecular weight is 364 g/mol. The summed E-state index contributed by atoms with van der Waals surface area (Å²) < 4.78 is 0.